The average molecular weight is 462 g/mol. The van der Waals surface area contributed by atoms with E-state index in [2.05, 4.69) is 5.32 Å². The van der Waals surface area contributed by atoms with Crippen molar-refractivity contribution in [3.63, 3.8) is 0 Å². The number of primary amides is 1. The van der Waals surface area contributed by atoms with Crippen LogP contribution < -0.4 is 34.0 Å². The van der Waals surface area contributed by atoms with Crippen molar-refractivity contribution in [3.8, 4) is 0 Å². The number of carbonyl (C=O) groups excluding carboxylic acids is 3. The van der Waals surface area contributed by atoms with Crippen molar-refractivity contribution in [2.45, 2.75) is 63.5 Å². The zero-order valence-electron chi connectivity index (χ0n) is 19.1. The monoisotopic (exact) mass is 461 g/mol. The van der Waals surface area contributed by atoms with Gasteiger partial charge < -0.3 is 43.5 Å². The number of unbranched alkanes of at least 4 members (excludes halogenated alkanes) is 3. The van der Waals surface area contributed by atoms with Crippen molar-refractivity contribution in [2.24, 2.45) is 28.7 Å². The van der Waals surface area contributed by atoms with Crippen LogP contribution >= 0.6 is 0 Å². The van der Waals surface area contributed by atoms with Crippen LogP contribution in [0.1, 0.15) is 51.4 Å². The van der Waals surface area contributed by atoms with Gasteiger partial charge in [-0.3, -0.25) is 9.69 Å². The zero-order chi connectivity index (χ0) is 24.2. The van der Waals surface area contributed by atoms with Gasteiger partial charge in [0.2, 0.25) is 5.91 Å². The smallest absolute Gasteiger partial charge is 0.410 e. The normalized spacial score (nSPS) is 12.6. The largest absolute Gasteiger partial charge is 0.448 e. The van der Waals surface area contributed by atoms with E-state index in [4.69, 9.17) is 38.1 Å². The summed E-state index contributed by atoms with van der Waals surface area (Å²) in [7, 11) is 0. The third-order valence-corrected chi connectivity index (χ3v) is 4.72. The van der Waals surface area contributed by atoms with Crippen molar-refractivity contribution in [1.29, 1.82) is 0 Å². The maximum atomic E-state index is 12.6. The summed E-state index contributed by atoms with van der Waals surface area (Å²) in [5.41, 5.74) is 27.5. The molecule has 32 heavy (non-hydrogen) atoms. The Morgan fingerprint density at radius 3 is 2.00 bits per heavy atom. The van der Waals surface area contributed by atoms with Crippen molar-refractivity contribution in [3.05, 3.63) is 0 Å². The van der Waals surface area contributed by atoms with Gasteiger partial charge in [-0.2, -0.15) is 0 Å². The molecule has 0 fully saturated rings. The Labute approximate surface area is 190 Å². The lowest BCUT2D eigenvalue weighted by Gasteiger charge is -2.24. The second kappa shape index (κ2) is 19.5. The van der Waals surface area contributed by atoms with Gasteiger partial charge in [0.1, 0.15) is 19.8 Å². The first kappa shape index (κ1) is 29.9. The topological polar surface area (TPSA) is 215 Å². The molecule has 0 aliphatic carbocycles. The number of ether oxygens (including phenoxy) is 2. The van der Waals surface area contributed by atoms with Crippen LogP contribution in [-0.2, 0) is 14.3 Å². The van der Waals surface area contributed by atoms with Gasteiger partial charge in [0.05, 0.1) is 6.04 Å². The quantitative estimate of drug-likeness (QED) is 0.134. The van der Waals surface area contributed by atoms with E-state index in [1.54, 1.807) is 0 Å². The van der Waals surface area contributed by atoms with E-state index < -0.39 is 24.1 Å². The molecule has 0 rings (SSSR count). The Balaban J connectivity index is 4.79. The van der Waals surface area contributed by atoms with E-state index in [0.29, 0.717) is 51.9 Å². The summed E-state index contributed by atoms with van der Waals surface area (Å²) in [6.07, 6.45) is 4.30. The minimum absolute atomic E-state index is 0.0546. The molecule has 2 atom stereocenters. The summed E-state index contributed by atoms with van der Waals surface area (Å²) in [6, 6.07) is -0.720. The van der Waals surface area contributed by atoms with Crippen molar-refractivity contribution >= 4 is 18.1 Å². The molecule has 188 valence electrons. The van der Waals surface area contributed by atoms with Crippen LogP contribution in [-0.4, -0.2) is 81.0 Å². The molecule has 3 amide bonds. The first-order chi connectivity index (χ1) is 15.3. The van der Waals surface area contributed by atoms with Crippen LogP contribution in [0.2, 0.25) is 0 Å². The van der Waals surface area contributed by atoms with E-state index in [1.807, 2.05) is 0 Å². The van der Waals surface area contributed by atoms with Gasteiger partial charge in [-0.15, -0.1) is 0 Å². The van der Waals surface area contributed by atoms with Crippen LogP contribution in [0.15, 0.2) is 0 Å². The molecule has 12 heteroatoms. The molecule has 0 aliphatic rings. The highest BCUT2D eigenvalue weighted by Crippen LogP contribution is 2.05. The van der Waals surface area contributed by atoms with Gasteiger partial charge >= 0.3 is 12.2 Å². The molecule has 12 nitrogen and oxygen atoms in total. The van der Waals surface area contributed by atoms with Gasteiger partial charge in [0.15, 0.2) is 0 Å². The molecule has 0 saturated carbocycles. The number of nitrogens with two attached hydrogens (primary N) is 5. The van der Waals surface area contributed by atoms with Gasteiger partial charge in [-0.25, -0.2) is 9.59 Å². The minimum Gasteiger partial charge on any atom is -0.448 e. The van der Waals surface area contributed by atoms with E-state index >= 15 is 0 Å². The molecular formula is C20H43N7O5. The highest BCUT2D eigenvalue weighted by Gasteiger charge is 2.21. The van der Waals surface area contributed by atoms with Crippen LogP contribution in [0, 0.1) is 0 Å². The predicted molar refractivity (Wildman–Crippen MR) is 122 cm³/mol. The first-order valence-electron chi connectivity index (χ1n) is 11.3. The van der Waals surface area contributed by atoms with Crippen molar-refractivity contribution in [1.82, 2.24) is 10.2 Å². The van der Waals surface area contributed by atoms with Gasteiger partial charge in [-0.1, -0.05) is 12.8 Å². The maximum absolute atomic E-state index is 12.6. The van der Waals surface area contributed by atoms with Gasteiger partial charge in [-0.05, 0) is 58.2 Å². The number of nitrogens with one attached hydrogen (secondary N) is 1. The van der Waals surface area contributed by atoms with Crippen molar-refractivity contribution in [2.75, 3.05) is 45.9 Å². The number of carbonyl (C=O) groups is 3. The van der Waals surface area contributed by atoms with Crippen LogP contribution in [0.25, 0.3) is 0 Å². The maximum Gasteiger partial charge on any atom is 0.410 e. The summed E-state index contributed by atoms with van der Waals surface area (Å²) >= 11 is 0. The summed E-state index contributed by atoms with van der Waals surface area (Å²) in [6.45, 7) is 1.72. The molecule has 0 spiro atoms. The zero-order valence-corrected chi connectivity index (χ0v) is 19.1. The number of hydrogen-bond donors (Lipinski definition) is 6. The number of rotatable bonds is 19. The molecule has 0 saturated heterocycles. The van der Waals surface area contributed by atoms with E-state index in [0.717, 1.165) is 25.7 Å². The van der Waals surface area contributed by atoms with Crippen LogP contribution in [0.4, 0.5) is 9.59 Å². The number of amides is 3. The Morgan fingerprint density at radius 1 is 0.812 bits per heavy atom. The molecule has 0 bridgehead atoms. The SMILES string of the molecule is NCCCC[C@H](N)COC(=O)N(CCCCN)CC(=O)N[C@@H](CCCCN)COC(N)=O. The Bertz CT molecular complexity index is 525. The van der Waals surface area contributed by atoms with E-state index in [9.17, 15) is 14.4 Å². The lowest BCUT2D eigenvalue weighted by molar-refractivity contribution is -0.123. The summed E-state index contributed by atoms with van der Waals surface area (Å²) in [4.78, 5) is 37.3. The molecule has 0 aromatic heterocycles. The van der Waals surface area contributed by atoms with Crippen LogP contribution in [0.5, 0.6) is 0 Å². The third-order valence-electron chi connectivity index (χ3n) is 4.72. The third kappa shape index (κ3) is 16.5. The Hall–Kier alpha value is -2.15. The first-order valence-corrected chi connectivity index (χ1v) is 11.3. The second-order valence-corrected chi connectivity index (χ2v) is 7.72. The molecule has 0 radical (unpaired) electrons. The highest BCUT2D eigenvalue weighted by molar-refractivity contribution is 5.82. The number of nitrogens with zero attached hydrogens (tertiary/aromatic N) is 1. The molecule has 0 aliphatic heterocycles. The van der Waals surface area contributed by atoms with E-state index in [-0.39, 0.29) is 25.8 Å². The summed E-state index contributed by atoms with van der Waals surface area (Å²) < 4.78 is 10.1. The van der Waals surface area contributed by atoms with Gasteiger partial charge in [0.25, 0.3) is 0 Å². The molecule has 0 aromatic rings. The molecule has 0 aromatic carbocycles. The molecule has 0 unspecified atom stereocenters. The summed E-state index contributed by atoms with van der Waals surface area (Å²) in [5.74, 6) is -0.396. The number of hydrogen-bond acceptors (Lipinski definition) is 9. The fourth-order valence-corrected chi connectivity index (χ4v) is 2.95. The minimum atomic E-state index is -0.919. The van der Waals surface area contributed by atoms with Crippen molar-refractivity contribution < 1.29 is 23.9 Å². The molecule has 0 heterocycles. The van der Waals surface area contributed by atoms with Gasteiger partial charge in [0, 0.05) is 12.6 Å². The standard InChI is InChI=1S/C20H43N7O5/c21-9-3-1-7-16(24)14-32-20(30)27(12-6-5-11-23)13-18(28)26-17(8-2-4-10-22)15-31-19(25)29/h16-17H,1-15,21-24H2,(H2,25,29)(H,26,28)/t16-,17-/m0/s1. The highest BCUT2D eigenvalue weighted by atomic mass is 16.6. The molecule has 11 N–H and O–H groups in total. The Morgan fingerprint density at radius 2 is 1.41 bits per heavy atom. The lowest BCUT2D eigenvalue weighted by Crippen LogP contribution is -2.47. The summed E-state index contributed by atoms with van der Waals surface area (Å²) in [5, 5.41) is 2.78. The van der Waals surface area contributed by atoms with Crippen LogP contribution in [0.3, 0.4) is 0 Å². The fraction of sp³-hybridized carbons (Fsp3) is 0.850. The fourth-order valence-electron chi connectivity index (χ4n) is 2.95. The lowest BCUT2D eigenvalue weighted by atomic mass is 10.1. The Kier molecular flexibility index (Phi) is 18.2. The second-order valence-electron chi connectivity index (χ2n) is 7.72. The average Bonchev–Trinajstić information content (AvgIpc) is 2.75. The molecular weight excluding hydrogens is 418 g/mol. The predicted octanol–water partition coefficient (Wildman–Crippen LogP) is -0.671. The van der Waals surface area contributed by atoms with E-state index in [1.165, 1.54) is 4.90 Å².